The fraction of sp³-hybridized carbons (Fsp3) is 0.371. The van der Waals surface area contributed by atoms with Gasteiger partial charge in [-0.1, -0.05) is 61.5 Å². The van der Waals surface area contributed by atoms with E-state index < -0.39 is 34.7 Å². The zero-order valence-corrected chi connectivity index (χ0v) is 27.1. The Labute approximate surface area is 268 Å². The maximum absolute atomic E-state index is 15.1. The summed E-state index contributed by atoms with van der Waals surface area (Å²) in [5, 5.41) is 12.3. The predicted molar refractivity (Wildman–Crippen MR) is 173 cm³/mol. The van der Waals surface area contributed by atoms with Crippen molar-refractivity contribution in [2.24, 2.45) is 0 Å². The van der Waals surface area contributed by atoms with E-state index in [1.54, 1.807) is 54.0 Å². The molecule has 0 aliphatic carbocycles. The van der Waals surface area contributed by atoms with Crippen LogP contribution >= 0.6 is 11.8 Å². The molecule has 3 amide bonds. The first-order valence-electron chi connectivity index (χ1n) is 15.0. The van der Waals surface area contributed by atoms with Gasteiger partial charge in [0, 0.05) is 36.2 Å². The van der Waals surface area contributed by atoms with Crippen molar-refractivity contribution in [1.82, 2.24) is 15.1 Å². The summed E-state index contributed by atoms with van der Waals surface area (Å²) in [4.78, 5) is 56.4. The van der Waals surface area contributed by atoms with Crippen molar-refractivity contribution in [1.29, 1.82) is 0 Å². The molecule has 3 atom stereocenters. The largest absolute Gasteiger partial charge is 0.478 e. The zero-order chi connectivity index (χ0) is 32.9. The van der Waals surface area contributed by atoms with Gasteiger partial charge in [-0.05, 0) is 61.9 Å². The molecule has 3 unspecified atom stereocenters. The zero-order valence-electron chi connectivity index (χ0n) is 26.2. The number of carbonyl (C=O) groups is 4. The average molecular weight is 634 g/mol. The number of nitrogens with zero attached hydrogens (tertiary/aromatic N) is 2. The van der Waals surface area contributed by atoms with Crippen molar-refractivity contribution in [3.63, 3.8) is 0 Å². The average Bonchev–Trinajstić information content (AvgIpc) is 3.04. The number of halogens is 1. The Morgan fingerprint density at radius 3 is 2.24 bits per heavy atom. The minimum absolute atomic E-state index is 0.0563. The molecule has 238 valence electrons. The smallest absolute Gasteiger partial charge is 0.335 e. The van der Waals surface area contributed by atoms with Crippen LogP contribution < -0.4 is 5.32 Å². The van der Waals surface area contributed by atoms with E-state index in [1.807, 2.05) is 44.4 Å². The Morgan fingerprint density at radius 1 is 1.02 bits per heavy atom. The van der Waals surface area contributed by atoms with Crippen LogP contribution in [0.3, 0.4) is 0 Å². The first kappa shape index (κ1) is 33.7. The van der Waals surface area contributed by atoms with Gasteiger partial charge in [0.1, 0.15) is 17.9 Å². The van der Waals surface area contributed by atoms with E-state index in [2.05, 4.69) is 5.32 Å². The third-order valence-corrected chi connectivity index (χ3v) is 9.86. The molecule has 8 nitrogen and oxygen atoms in total. The van der Waals surface area contributed by atoms with Crippen molar-refractivity contribution < 1.29 is 28.7 Å². The molecular weight excluding hydrogens is 593 g/mol. The van der Waals surface area contributed by atoms with Crippen molar-refractivity contribution in [2.75, 3.05) is 6.26 Å². The van der Waals surface area contributed by atoms with Gasteiger partial charge in [-0.15, -0.1) is 0 Å². The number of aromatic carboxylic acids is 1. The Balaban J connectivity index is 1.79. The molecule has 1 heterocycles. The quantitative estimate of drug-likeness (QED) is 0.285. The van der Waals surface area contributed by atoms with Crippen LogP contribution in [0, 0.1) is 5.82 Å². The Kier molecular flexibility index (Phi) is 10.7. The van der Waals surface area contributed by atoms with Gasteiger partial charge in [0.05, 0.1) is 11.6 Å². The van der Waals surface area contributed by atoms with Crippen LogP contribution in [-0.2, 0) is 33.9 Å². The molecule has 0 saturated heterocycles. The number of carboxylic acid groups (broad SMARTS) is 1. The van der Waals surface area contributed by atoms with Gasteiger partial charge >= 0.3 is 5.97 Å². The molecule has 0 fully saturated rings. The van der Waals surface area contributed by atoms with Crippen LogP contribution in [0.5, 0.6) is 0 Å². The van der Waals surface area contributed by atoms with Gasteiger partial charge in [-0.25, -0.2) is 9.18 Å². The molecule has 3 aromatic carbocycles. The topological polar surface area (TPSA) is 107 Å². The molecule has 2 N–H and O–H groups in total. The number of carboxylic acids is 1. The summed E-state index contributed by atoms with van der Waals surface area (Å²) < 4.78 is 14.4. The lowest BCUT2D eigenvalue weighted by molar-refractivity contribution is -0.151. The number of hydrogen-bond donors (Lipinski definition) is 2. The van der Waals surface area contributed by atoms with Crippen molar-refractivity contribution in [3.8, 4) is 0 Å². The SMILES string of the molecule is CCC(=O)NC(C(=O)N1Cc2ccccc2CC1C(=O)N(Cc1ccc(C(=O)O)cc1)C(C)c1ccccc1F)C(C)(C)SC. The molecule has 0 bridgehead atoms. The monoisotopic (exact) mass is 633 g/mol. The third kappa shape index (κ3) is 7.56. The van der Waals surface area contributed by atoms with E-state index in [9.17, 15) is 24.3 Å². The van der Waals surface area contributed by atoms with Gasteiger partial charge in [-0.3, -0.25) is 14.4 Å². The first-order valence-corrected chi connectivity index (χ1v) is 16.2. The van der Waals surface area contributed by atoms with E-state index in [0.29, 0.717) is 11.1 Å². The lowest BCUT2D eigenvalue weighted by Crippen LogP contribution is -2.62. The molecule has 0 radical (unpaired) electrons. The highest BCUT2D eigenvalue weighted by Crippen LogP contribution is 2.33. The number of carbonyl (C=O) groups excluding carboxylic acids is 3. The summed E-state index contributed by atoms with van der Waals surface area (Å²) in [5.74, 6) is -2.54. The van der Waals surface area contributed by atoms with Crippen LogP contribution in [0.4, 0.5) is 4.39 Å². The summed E-state index contributed by atoms with van der Waals surface area (Å²) in [6.45, 7) is 7.46. The van der Waals surface area contributed by atoms with E-state index in [-0.39, 0.29) is 49.2 Å². The van der Waals surface area contributed by atoms with Crippen molar-refractivity contribution in [3.05, 3.63) is 106 Å². The van der Waals surface area contributed by atoms with E-state index >= 15 is 4.39 Å². The number of nitrogens with one attached hydrogen (secondary N) is 1. The summed E-state index contributed by atoms with van der Waals surface area (Å²) in [6.07, 6.45) is 2.32. The third-order valence-electron chi connectivity index (χ3n) is 8.57. The summed E-state index contributed by atoms with van der Waals surface area (Å²) in [5.41, 5.74) is 2.93. The van der Waals surface area contributed by atoms with Gasteiger partial charge in [0.15, 0.2) is 0 Å². The molecule has 0 saturated carbocycles. The molecule has 1 aliphatic heterocycles. The summed E-state index contributed by atoms with van der Waals surface area (Å²) >= 11 is 1.45. The van der Waals surface area contributed by atoms with Gasteiger partial charge in [0.25, 0.3) is 0 Å². The number of rotatable bonds is 11. The van der Waals surface area contributed by atoms with Gasteiger partial charge < -0.3 is 20.2 Å². The normalized spacial score (nSPS) is 15.9. The second-order valence-electron chi connectivity index (χ2n) is 11.8. The number of amides is 3. The van der Waals surface area contributed by atoms with Crippen LogP contribution in [0.25, 0.3) is 0 Å². The Bertz CT molecular complexity index is 1560. The van der Waals surface area contributed by atoms with Crippen molar-refractivity contribution >= 4 is 35.5 Å². The van der Waals surface area contributed by atoms with Gasteiger partial charge in [0.2, 0.25) is 17.7 Å². The van der Waals surface area contributed by atoms with Crippen LogP contribution in [0.15, 0.2) is 72.8 Å². The summed E-state index contributed by atoms with van der Waals surface area (Å²) in [7, 11) is 0. The number of benzene rings is 3. The molecule has 45 heavy (non-hydrogen) atoms. The minimum Gasteiger partial charge on any atom is -0.478 e. The Morgan fingerprint density at radius 2 is 1.64 bits per heavy atom. The van der Waals surface area contributed by atoms with E-state index in [4.69, 9.17) is 0 Å². The maximum Gasteiger partial charge on any atom is 0.335 e. The number of hydrogen-bond acceptors (Lipinski definition) is 5. The second kappa shape index (κ2) is 14.3. The predicted octanol–water partition coefficient (Wildman–Crippen LogP) is 5.60. The number of fused-ring (bicyclic) bond motifs is 1. The van der Waals surface area contributed by atoms with Crippen LogP contribution in [0.2, 0.25) is 0 Å². The van der Waals surface area contributed by atoms with Crippen LogP contribution in [0.1, 0.15) is 72.8 Å². The molecule has 4 rings (SSSR count). The Hall–Kier alpha value is -4.18. The van der Waals surface area contributed by atoms with E-state index in [0.717, 1.165) is 11.1 Å². The standard InChI is InChI=1S/C35H40FN3O5S/c1-6-30(40)37-31(35(3,4)45-5)33(42)39-21-26-12-8-7-11-25(26)19-29(39)32(41)38(22(2)27-13-9-10-14-28(27)36)20-23-15-17-24(18-16-23)34(43)44/h7-18,22,29,31H,6,19-21H2,1-5H3,(H,37,40)(H,43,44). The van der Waals surface area contributed by atoms with E-state index in [1.165, 1.54) is 30.0 Å². The lowest BCUT2D eigenvalue weighted by atomic mass is 9.90. The highest BCUT2D eigenvalue weighted by atomic mass is 32.2. The second-order valence-corrected chi connectivity index (χ2v) is 13.2. The van der Waals surface area contributed by atoms with Crippen molar-refractivity contribution in [2.45, 2.75) is 76.5 Å². The lowest BCUT2D eigenvalue weighted by Gasteiger charge is -2.43. The molecule has 10 heteroatoms. The van der Waals surface area contributed by atoms with Crippen LogP contribution in [-0.4, -0.2) is 61.7 Å². The molecule has 3 aromatic rings. The maximum atomic E-state index is 15.1. The fourth-order valence-corrected chi connectivity index (χ4v) is 5.98. The van der Waals surface area contributed by atoms with Gasteiger partial charge in [-0.2, -0.15) is 11.8 Å². The highest BCUT2D eigenvalue weighted by Gasteiger charge is 2.45. The molecular formula is C35H40FN3O5S. The minimum atomic E-state index is -1.07. The fourth-order valence-electron chi connectivity index (χ4n) is 5.58. The number of thioether (sulfide) groups is 1. The first-order chi connectivity index (χ1) is 21.4. The molecule has 0 spiro atoms. The highest BCUT2D eigenvalue weighted by molar-refractivity contribution is 8.00. The molecule has 1 aliphatic rings. The summed E-state index contributed by atoms with van der Waals surface area (Å²) in [6, 6.07) is 17.6. The molecule has 0 aromatic heterocycles.